The fourth-order valence-corrected chi connectivity index (χ4v) is 1.72. The lowest BCUT2D eigenvalue weighted by Crippen LogP contribution is -2.30. The van der Waals surface area contributed by atoms with Gasteiger partial charge in [-0.3, -0.25) is 0 Å². The second-order valence-corrected chi connectivity index (χ2v) is 6.08. The lowest BCUT2D eigenvalue weighted by molar-refractivity contribution is 0.542. The second-order valence-electron chi connectivity index (χ2n) is 6.08. The van der Waals surface area contributed by atoms with Gasteiger partial charge >= 0.3 is 0 Å². The number of hydrogen-bond acceptors (Lipinski definition) is 4. The summed E-state index contributed by atoms with van der Waals surface area (Å²) in [6, 6.07) is 2.50. The summed E-state index contributed by atoms with van der Waals surface area (Å²) in [5.74, 6) is 2.79. The van der Waals surface area contributed by atoms with Gasteiger partial charge in [0.1, 0.15) is 17.5 Å². The highest BCUT2D eigenvalue weighted by atomic mass is 15.2. The molecule has 1 unspecified atom stereocenters. The van der Waals surface area contributed by atoms with Crippen LogP contribution in [-0.4, -0.2) is 29.6 Å². The second kappa shape index (κ2) is 6.22. The van der Waals surface area contributed by atoms with Gasteiger partial charge in [0, 0.05) is 31.1 Å². The molecule has 0 saturated carbocycles. The molecule has 0 radical (unpaired) electrons. The Morgan fingerprint density at radius 3 is 2.37 bits per heavy atom. The van der Waals surface area contributed by atoms with Crippen LogP contribution in [0.5, 0.6) is 0 Å². The van der Waals surface area contributed by atoms with Crippen LogP contribution < -0.4 is 10.2 Å². The Labute approximate surface area is 117 Å². The van der Waals surface area contributed by atoms with Gasteiger partial charge in [0.25, 0.3) is 0 Å². The third-order valence-electron chi connectivity index (χ3n) is 3.35. The average molecular weight is 264 g/mol. The van der Waals surface area contributed by atoms with Crippen molar-refractivity contribution in [2.45, 2.75) is 59.4 Å². The van der Waals surface area contributed by atoms with Gasteiger partial charge in [-0.25, -0.2) is 9.97 Å². The van der Waals surface area contributed by atoms with Crippen LogP contribution in [0.25, 0.3) is 0 Å². The minimum Gasteiger partial charge on any atom is -0.370 e. The zero-order valence-electron chi connectivity index (χ0n) is 13.4. The van der Waals surface area contributed by atoms with Gasteiger partial charge in [-0.2, -0.15) is 0 Å². The van der Waals surface area contributed by atoms with Crippen LogP contribution >= 0.6 is 0 Å². The van der Waals surface area contributed by atoms with Crippen molar-refractivity contribution in [3.8, 4) is 0 Å². The van der Waals surface area contributed by atoms with Crippen molar-refractivity contribution in [2.24, 2.45) is 0 Å². The van der Waals surface area contributed by atoms with Crippen molar-refractivity contribution >= 4 is 11.6 Å². The van der Waals surface area contributed by atoms with E-state index in [0.29, 0.717) is 6.04 Å². The SMILES string of the molecule is CCNc1cc(N(C)C(C)CC)nc(C(C)(C)C)n1. The molecule has 0 aliphatic heterocycles. The van der Waals surface area contributed by atoms with E-state index in [1.165, 1.54) is 0 Å². The Hall–Kier alpha value is -1.32. The van der Waals surface area contributed by atoms with Crippen molar-refractivity contribution in [2.75, 3.05) is 23.8 Å². The molecule has 1 N–H and O–H groups in total. The van der Waals surface area contributed by atoms with E-state index in [9.17, 15) is 0 Å². The Morgan fingerprint density at radius 1 is 1.26 bits per heavy atom. The molecule has 19 heavy (non-hydrogen) atoms. The van der Waals surface area contributed by atoms with Gasteiger partial charge in [0.2, 0.25) is 0 Å². The van der Waals surface area contributed by atoms with Crippen LogP contribution in [0.4, 0.5) is 11.6 Å². The molecule has 0 saturated heterocycles. The molecular weight excluding hydrogens is 236 g/mol. The zero-order chi connectivity index (χ0) is 14.6. The van der Waals surface area contributed by atoms with Crippen molar-refractivity contribution in [3.63, 3.8) is 0 Å². The highest BCUT2D eigenvalue weighted by molar-refractivity contribution is 5.50. The molecule has 0 aliphatic rings. The highest BCUT2D eigenvalue weighted by Crippen LogP contribution is 2.24. The Kier molecular flexibility index (Phi) is 5.15. The van der Waals surface area contributed by atoms with E-state index >= 15 is 0 Å². The third-order valence-corrected chi connectivity index (χ3v) is 3.35. The third kappa shape index (κ3) is 4.08. The first-order valence-corrected chi connectivity index (χ1v) is 7.15. The van der Waals surface area contributed by atoms with E-state index in [2.05, 4.69) is 63.8 Å². The molecule has 108 valence electrons. The van der Waals surface area contributed by atoms with Crippen molar-refractivity contribution in [3.05, 3.63) is 11.9 Å². The van der Waals surface area contributed by atoms with E-state index in [1.807, 2.05) is 6.07 Å². The van der Waals surface area contributed by atoms with Crippen LogP contribution in [0.1, 0.15) is 53.8 Å². The lowest BCUT2D eigenvalue weighted by atomic mass is 9.95. The number of nitrogens with zero attached hydrogens (tertiary/aromatic N) is 3. The summed E-state index contributed by atoms with van der Waals surface area (Å²) in [4.78, 5) is 11.6. The Balaban J connectivity index is 3.20. The number of nitrogens with one attached hydrogen (secondary N) is 1. The molecule has 0 spiro atoms. The first kappa shape index (κ1) is 15.7. The van der Waals surface area contributed by atoms with Crippen LogP contribution in [0.2, 0.25) is 0 Å². The van der Waals surface area contributed by atoms with Crippen LogP contribution in [0, 0.1) is 0 Å². The summed E-state index contributed by atoms with van der Waals surface area (Å²) in [6.07, 6.45) is 1.10. The molecule has 1 rings (SSSR count). The first-order chi connectivity index (χ1) is 8.79. The molecule has 4 nitrogen and oxygen atoms in total. The summed E-state index contributed by atoms with van der Waals surface area (Å²) in [6.45, 7) is 13.8. The van der Waals surface area contributed by atoms with Gasteiger partial charge in [0.05, 0.1) is 0 Å². The molecule has 1 aromatic heterocycles. The molecule has 0 fully saturated rings. The maximum atomic E-state index is 4.73. The lowest BCUT2D eigenvalue weighted by Gasteiger charge is -2.27. The Morgan fingerprint density at radius 2 is 1.89 bits per heavy atom. The van der Waals surface area contributed by atoms with E-state index in [4.69, 9.17) is 4.98 Å². The molecule has 0 amide bonds. The predicted molar refractivity (Wildman–Crippen MR) is 83.1 cm³/mol. The summed E-state index contributed by atoms with van der Waals surface area (Å²) >= 11 is 0. The minimum atomic E-state index is -0.0452. The fraction of sp³-hybridized carbons (Fsp3) is 0.733. The van der Waals surface area contributed by atoms with E-state index in [0.717, 1.165) is 30.4 Å². The minimum absolute atomic E-state index is 0.0452. The molecule has 4 heteroatoms. The molecule has 1 heterocycles. The number of aromatic nitrogens is 2. The topological polar surface area (TPSA) is 41.0 Å². The monoisotopic (exact) mass is 264 g/mol. The standard InChI is InChI=1S/C15H28N4/c1-8-11(3)19(7)13-10-12(16-9-2)17-14(18-13)15(4,5)6/h10-11H,8-9H2,1-7H3,(H,16,17,18). The van der Waals surface area contributed by atoms with E-state index < -0.39 is 0 Å². The van der Waals surface area contributed by atoms with Crippen LogP contribution in [-0.2, 0) is 5.41 Å². The van der Waals surface area contributed by atoms with Gasteiger partial charge in [0.15, 0.2) is 0 Å². The van der Waals surface area contributed by atoms with Crippen molar-refractivity contribution in [1.29, 1.82) is 0 Å². The molecule has 0 bridgehead atoms. The smallest absolute Gasteiger partial charge is 0.138 e. The molecule has 1 aromatic rings. The number of hydrogen-bond donors (Lipinski definition) is 1. The summed E-state index contributed by atoms with van der Waals surface area (Å²) in [5.41, 5.74) is -0.0452. The fourth-order valence-electron chi connectivity index (χ4n) is 1.72. The summed E-state index contributed by atoms with van der Waals surface area (Å²) in [7, 11) is 2.10. The number of anilines is 2. The van der Waals surface area contributed by atoms with Gasteiger partial charge in [-0.1, -0.05) is 27.7 Å². The quantitative estimate of drug-likeness (QED) is 0.884. The molecule has 0 aliphatic carbocycles. The normalized spacial score (nSPS) is 13.2. The average Bonchev–Trinajstić information content (AvgIpc) is 2.36. The number of rotatable bonds is 5. The van der Waals surface area contributed by atoms with E-state index in [-0.39, 0.29) is 5.41 Å². The Bertz CT molecular complexity index is 409. The van der Waals surface area contributed by atoms with Crippen LogP contribution in [0.15, 0.2) is 6.07 Å². The molecule has 0 aromatic carbocycles. The van der Waals surface area contributed by atoms with E-state index in [1.54, 1.807) is 0 Å². The predicted octanol–water partition coefficient (Wildman–Crippen LogP) is 3.44. The molecule has 1 atom stereocenters. The van der Waals surface area contributed by atoms with Crippen LogP contribution in [0.3, 0.4) is 0 Å². The molecular formula is C15H28N4. The van der Waals surface area contributed by atoms with Gasteiger partial charge in [-0.05, 0) is 20.3 Å². The summed E-state index contributed by atoms with van der Waals surface area (Å²) < 4.78 is 0. The maximum absolute atomic E-state index is 4.73. The zero-order valence-corrected chi connectivity index (χ0v) is 13.4. The summed E-state index contributed by atoms with van der Waals surface area (Å²) in [5, 5.41) is 3.29. The van der Waals surface area contributed by atoms with Crippen molar-refractivity contribution < 1.29 is 0 Å². The highest BCUT2D eigenvalue weighted by Gasteiger charge is 2.21. The van der Waals surface area contributed by atoms with Gasteiger partial charge < -0.3 is 10.2 Å². The first-order valence-electron chi connectivity index (χ1n) is 7.15. The largest absolute Gasteiger partial charge is 0.370 e. The van der Waals surface area contributed by atoms with Crippen molar-refractivity contribution in [1.82, 2.24) is 9.97 Å². The van der Waals surface area contributed by atoms with Gasteiger partial charge in [-0.15, -0.1) is 0 Å². The maximum Gasteiger partial charge on any atom is 0.138 e.